The Morgan fingerprint density at radius 1 is 0.632 bits per heavy atom. The molecule has 3 nitrogen and oxygen atoms in total. The molecule has 2 radical (unpaired) electrons. The van der Waals surface area contributed by atoms with Gasteiger partial charge in [0.2, 0.25) is 7.98 Å². The van der Waals surface area contributed by atoms with Crippen molar-refractivity contribution in [1.29, 1.82) is 0 Å². The van der Waals surface area contributed by atoms with Gasteiger partial charge in [-0.05, 0) is 42.7 Å². The van der Waals surface area contributed by atoms with Gasteiger partial charge in [-0.1, -0.05) is 120 Å². The van der Waals surface area contributed by atoms with E-state index < -0.39 is 0 Å². The lowest BCUT2D eigenvalue weighted by atomic mass is 10.0. The number of aryl methyl sites for hydroxylation is 2. The largest absolute Gasteiger partial charge is 0.382 e. The number of allylic oxidation sites excluding steroid dienone is 1. The maximum absolute atomic E-state index is 6.77. The maximum atomic E-state index is 6.77. The fourth-order valence-corrected chi connectivity index (χ4v) is 4.70. The third-order valence-corrected chi connectivity index (χ3v) is 6.83. The molecule has 1 aromatic heterocycles. The molecule has 0 fully saturated rings. The van der Waals surface area contributed by atoms with Crippen molar-refractivity contribution in [1.82, 2.24) is 4.48 Å². The number of hydrogen-bond acceptors (Lipinski definition) is 1. The Balaban J connectivity index is 1.56. The molecule has 1 aliphatic heterocycles. The Bertz CT molecular complexity index is 1690. The van der Waals surface area contributed by atoms with E-state index in [0.29, 0.717) is 11.7 Å². The summed E-state index contributed by atoms with van der Waals surface area (Å²) >= 11 is 0. The smallest absolute Gasteiger partial charge is 0.236 e. The molecule has 0 amide bonds. The van der Waals surface area contributed by atoms with Crippen LogP contribution in [-0.4, -0.2) is 24.0 Å². The highest BCUT2D eigenvalue weighted by Crippen LogP contribution is 2.39. The van der Waals surface area contributed by atoms with Crippen LogP contribution in [0.4, 0.5) is 5.82 Å². The molecule has 0 unspecified atom stereocenters. The maximum Gasteiger partial charge on any atom is 0.236 e. The van der Waals surface area contributed by atoms with Crippen LogP contribution < -0.4 is 0 Å². The normalized spacial score (nSPS) is 14.0. The first kappa shape index (κ1) is 23.7. The molecule has 0 aliphatic carbocycles. The molecule has 0 atom stereocenters. The van der Waals surface area contributed by atoms with Crippen LogP contribution in [0, 0.1) is 13.8 Å². The van der Waals surface area contributed by atoms with Gasteiger partial charge in [0.25, 0.3) is 0 Å². The molecule has 38 heavy (non-hydrogen) atoms. The van der Waals surface area contributed by atoms with Crippen LogP contribution in [0.2, 0.25) is 0 Å². The van der Waals surface area contributed by atoms with Gasteiger partial charge >= 0.3 is 0 Å². The first-order valence-electron chi connectivity index (χ1n) is 12.7. The average Bonchev–Trinajstić information content (AvgIpc) is 3.52. The monoisotopic (exact) mass is 487 g/mol. The molecule has 2 heterocycles. The van der Waals surface area contributed by atoms with Gasteiger partial charge in [0.05, 0.1) is 5.71 Å². The molecule has 0 saturated carbocycles. The lowest BCUT2D eigenvalue weighted by Crippen LogP contribution is -1.99. The van der Waals surface area contributed by atoms with Crippen molar-refractivity contribution in [3.05, 3.63) is 144 Å². The van der Waals surface area contributed by atoms with E-state index in [1.165, 1.54) is 11.1 Å². The summed E-state index contributed by atoms with van der Waals surface area (Å²) in [6.07, 6.45) is 2.12. The topological polar surface area (TPSA) is 29.6 Å². The van der Waals surface area contributed by atoms with Gasteiger partial charge in [0, 0.05) is 22.4 Å². The molecule has 0 N–H and O–H groups in total. The van der Waals surface area contributed by atoms with Gasteiger partial charge in [-0.25, -0.2) is 9.98 Å². The molecule has 1 aliphatic rings. The number of benzene rings is 4. The lowest BCUT2D eigenvalue weighted by molar-refractivity contribution is 1.22. The first-order chi connectivity index (χ1) is 18.6. The predicted molar refractivity (Wildman–Crippen MR) is 160 cm³/mol. The summed E-state index contributed by atoms with van der Waals surface area (Å²) in [6.45, 7) is 4.18. The Morgan fingerprint density at radius 2 is 1.18 bits per heavy atom. The van der Waals surface area contributed by atoms with Crippen LogP contribution in [-0.2, 0) is 0 Å². The van der Waals surface area contributed by atoms with Crippen LogP contribution >= 0.6 is 0 Å². The number of nitrogens with zero attached hydrogens (tertiary/aromatic N) is 3. The standard InChI is InChI=1S/C34H26BN3/c1-23-13-17-25(18-14-23)29-21-31(27-9-5-3-6-10-27)36-33(29)37-34-30(26-19-15-24(2)16-20-26)22-32(38(34)35)28-11-7-4-8-12-28/h3-22H,1-2H3/b37-33-. The van der Waals surface area contributed by atoms with Crippen LogP contribution in [0.3, 0.4) is 0 Å². The fraction of sp³-hybridized carbons (Fsp3) is 0.0588. The summed E-state index contributed by atoms with van der Waals surface area (Å²) < 4.78 is 1.68. The van der Waals surface area contributed by atoms with E-state index in [9.17, 15) is 0 Å². The molecule has 4 heteroatoms. The van der Waals surface area contributed by atoms with E-state index in [4.69, 9.17) is 18.0 Å². The van der Waals surface area contributed by atoms with E-state index >= 15 is 0 Å². The van der Waals surface area contributed by atoms with Crippen molar-refractivity contribution in [3.8, 4) is 22.4 Å². The highest BCUT2D eigenvalue weighted by Gasteiger charge is 2.22. The second-order valence-electron chi connectivity index (χ2n) is 9.59. The highest BCUT2D eigenvalue weighted by molar-refractivity contribution is 6.38. The minimum Gasteiger partial charge on any atom is -0.382 e. The number of hydrogen-bond donors (Lipinski definition) is 0. The molecule has 0 saturated heterocycles. The van der Waals surface area contributed by atoms with Gasteiger partial charge in [-0.3, -0.25) is 0 Å². The summed E-state index contributed by atoms with van der Waals surface area (Å²) in [5.41, 5.74) is 10.3. The SMILES string of the molecule is [B]n1c(-c2ccccc2)cc(-c2ccc(C)cc2)c1/N=C1\N=C(c2ccccc2)C=C1c1ccc(C)cc1. The van der Waals surface area contributed by atoms with Crippen LogP contribution in [0.1, 0.15) is 22.3 Å². The lowest BCUT2D eigenvalue weighted by Gasteiger charge is -2.09. The van der Waals surface area contributed by atoms with Crippen molar-refractivity contribution in [2.75, 3.05) is 0 Å². The zero-order valence-electron chi connectivity index (χ0n) is 21.5. The zero-order chi connectivity index (χ0) is 26.1. The summed E-state index contributed by atoms with van der Waals surface area (Å²) in [5.74, 6) is 1.31. The molecule has 5 aromatic rings. The van der Waals surface area contributed by atoms with Gasteiger partial charge in [-0.15, -0.1) is 0 Å². The Hall–Kier alpha value is -4.70. The van der Waals surface area contributed by atoms with Crippen molar-refractivity contribution >= 4 is 30.9 Å². The van der Waals surface area contributed by atoms with Gasteiger partial charge in [-0.2, -0.15) is 0 Å². The summed E-state index contributed by atoms with van der Waals surface area (Å²) in [5, 5.41) is 0. The van der Waals surface area contributed by atoms with Crippen LogP contribution in [0.15, 0.2) is 131 Å². The van der Waals surface area contributed by atoms with Crippen molar-refractivity contribution in [3.63, 3.8) is 0 Å². The van der Waals surface area contributed by atoms with E-state index in [-0.39, 0.29) is 0 Å². The minimum atomic E-state index is 0.644. The molecule has 6 rings (SSSR count). The summed E-state index contributed by atoms with van der Waals surface area (Å²) in [4.78, 5) is 10.2. The number of rotatable bonds is 5. The average molecular weight is 487 g/mol. The third-order valence-electron chi connectivity index (χ3n) is 6.83. The van der Waals surface area contributed by atoms with Crippen LogP contribution in [0.5, 0.6) is 0 Å². The fourth-order valence-electron chi connectivity index (χ4n) is 4.70. The minimum absolute atomic E-state index is 0.644. The van der Waals surface area contributed by atoms with Crippen molar-refractivity contribution < 1.29 is 0 Å². The Labute approximate surface area is 225 Å². The number of amidine groups is 1. The highest BCUT2D eigenvalue weighted by atomic mass is 15.1. The number of aromatic nitrogens is 1. The molecule has 0 bridgehead atoms. The molecular formula is C34H26BN3. The third kappa shape index (κ3) is 4.57. The molecular weight excluding hydrogens is 461 g/mol. The zero-order valence-corrected chi connectivity index (χ0v) is 21.5. The molecule has 0 spiro atoms. The van der Waals surface area contributed by atoms with Gasteiger partial charge in [0.15, 0.2) is 5.84 Å². The quantitative estimate of drug-likeness (QED) is 0.225. The van der Waals surface area contributed by atoms with E-state index in [1.807, 2.05) is 36.4 Å². The van der Waals surface area contributed by atoms with Crippen molar-refractivity contribution in [2.24, 2.45) is 9.98 Å². The van der Waals surface area contributed by atoms with Crippen LogP contribution in [0.25, 0.3) is 28.0 Å². The van der Waals surface area contributed by atoms with Crippen molar-refractivity contribution in [2.45, 2.75) is 13.8 Å². The van der Waals surface area contributed by atoms with E-state index in [2.05, 4.69) is 98.8 Å². The summed E-state index contributed by atoms with van der Waals surface area (Å²) in [6, 6.07) is 39.4. The Morgan fingerprint density at radius 3 is 1.79 bits per heavy atom. The predicted octanol–water partition coefficient (Wildman–Crippen LogP) is 7.99. The van der Waals surface area contributed by atoms with Gasteiger partial charge in [0.1, 0.15) is 5.82 Å². The van der Waals surface area contributed by atoms with Gasteiger partial charge < -0.3 is 4.48 Å². The Kier molecular flexibility index (Phi) is 6.23. The number of aliphatic imine (C=N–C) groups is 2. The molecule has 4 aromatic carbocycles. The van der Waals surface area contributed by atoms with E-state index in [0.717, 1.165) is 44.8 Å². The summed E-state index contributed by atoms with van der Waals surface area (Å²) in [7, 11) is 6.77. The van der Waals surface area contributed by atoms with E-state index in [1.54, 1.807) is 4.48 Å². The second kappa shape index (κ2) is 9.99. The second-order valence-corrected chi connectivity index (χ2v) is 9.59. The molecule has 180 valence electrons. The first-order valence-corrected chi connectivity index (χ1v) is 12.7.